The van der Waals surface area contributed by atoms with Gasteiger partial charge < -0.3 is 4.42 Å². The van der Waals surface area contributed by atoms with Gasteiger partial charge in [-0.15, -0.1) is 0 Å². The van der Waals surface area contributed by atoms with Gasteiger partial charge in [0.15, 0.2) is 17.4 Å². The summed E-state index contributed by atoms with van der Waals surface area (Å²) in [7, 11) is 0. The van der Waals surface area contributed by atoms with Crippen LogP contribution in [0.2, 0.25) is 0 Å². The number of hydrogen-bond donors (Lipinski definition) is 0. The molecule has 24 heavy (non-hydrogen) atoms. The molecule has 0 aliphatic rings. The lowest BCUT2D eigenvalue weighted by Crippen LogP contribution is -2.03. The van der Waals surface area contributed by atoms with E-state index in [4.69, 9.17) is 4.42 Å². The maximum atomic E-state index is 14.6. The van der Waals surface area contributed by atoms with E-state index < -0.39 is 0 Å². The van der Waals surface area contributed by atoms with Crippen molar-refractivity contribution >= 4 is 0 Å². The molecule has 0 N–H and O–H groups in total. The average Bonchev–Trinajstić information content (AvgIpc) is 3.27. The van der Waals surface area contributed by atoms with Crippen molar-refractivity contribution in [2.45, 2.75) is 6.92 Å². The van der Waals surface area contributed by atoms with Gasteiger partial charge in [0.2, 0.25) is 0 Å². The molecule has 118 valence electrons. The minimum atomic E-state index is -0.337. The standard InChI is InChI=1S/C17H12FN5O/c1-11-4-2-5-13(16(11)18)23-14(15-6-3-7-24-15)8-12(22-23)17-20-9-19-10-21-17/h2-10H,1H3. The van der Waals surface area contributed by atoms with Gasteiger partial charge in [0.1, 0.15) is 29.7 Å². The molecule has 0 unspecified atom stereocenters. The molecule has 0 amide bonds. The first-order chi connectivity index (χ1) is 11.7. The van der Waals surface area contributed by atoms with E-state index in [2.05, 4.69) is 20.1 Å². The van der Waals surface area contributed by atoms with Gasteiger partial charge in [-0.1, -0.05) is 12.1 Å². The molecule has 3 heterocycles. The molecule has 0 bridgehead atoms. The Kier molecular flexibility index (Phi) is 3.38. The molecular weight excluding hydrogens is 309 g/mol. The Balaban J connectivity index is 1.95. The van der Waals surface area contributed by atoms with Crippen LogP contribution < -0.4 is 0 Å². The molecule has 4 rings (SSSR count). The fourth-order valence-corrected chi connectivity index (χ4v) is 2.44. The summed E-state index contributed by atoms with van der Waals surface area (Å²) in [4.78, 5) is 12.0. The quantitative estimate of drug-likeness (QED) is 0.578. The van der Waals surface area contributed by atoms with Crippen LogP contribution in [0.5, 0.6) is 0 Å². The van der Waals surface area contributed by atoms with E-state index >= 15 is 0 Å². The van der Waals surface area contributed by atoms with E-state index in [-0.39, 0.29) is 5.82 Å². The van der Waals surface area contributed by atoms with Crippen molar-refractivity contribution in [3.63, 3.8) is 0 Å². The smallest absolute Gasteiger partial charge is 0.183 e. The Labute approximate surface area is 136 Å². The van der Waals surface area contributed by atoms with Crippen molar-refractivity contribution in [1.82, 2.24) is 24.7 Å². The van der Waals surface area contributed by atoms with Crippen LogP contribution in [0.25, 0.3) is 28.7 Å². The second-order valence-electron chi connectivity index (χ2n) is 5.17. The lowest BCUT2D eigenvalue weighted by Gasteiger charge is -2.08. The van der Waals surface area contributed by atoms with Crippen LogP contribution in [0.15, 0.2) is 59.7 Å². The summed E-state index contributed by atoms with van der Waals surface area (Å²) in [5.74, 6) is 0.643. The molecule has 0 radical (unpaired) electrons. The first-order valence-corrected chi connectivity index (χ1v) is 7.26. The van der Waals surface area contributed by atoms with Crippen molar-refractivity contribution in [3.8, 4) is 28.7 Å². The van der Waals surface area contributed by atoms with Crippen molar-refractivity contribution in [3.05, 3.63) is 66.7 Å². The number of aromatic nitrogens is 5. The van der Waals surface area contributed by atoms with Crippen LogP contribution in [0.1, 0.15) is 5.56 Å². The predicted octanol–water partition coefficient (Wildman–Crippen LogP) is 3.43. The van der Waals surface area contributed by atoms with E-state index in [0.717, 1.165) is 0 Å². The van der Waals surface area contributed by atoms with E-state index in [1.54, 1.807) is 49.6 Å². The molecule has 0 saturated heterocycles. The summed E-state index contributed by atoms with van der Waals surface area (Å²) < 4.78 is 21.6. The lowest BCUT2D eigenvalue weighted by atomic mass is 10.2. The molecule has 1 aromatic carbocycles. The average molecular weight is 321 g/mol. The summed E-state index contributed by atoms with van der Waals surface area (Å²) in [5.41, 5.74) is 1.99. The molecule has 6 nitrogen and oxygen atoms in total. The number of aryl methyl sites for hydroxylation is 1. The zero-order valence-electron chi connectivity index (χ0n) is 12.7. The third-order valence-electron chi connectivity index (χ3n) is 3.61. The lowest BCUT2D eigenvalue weighted by molar-refractivity contribution is 0.572. The van der Waals surface area contributed by atoms with Crippen LogP contribution in [0, 0.1) is 12.7 Å². The zero-order chi connectivity index (χ0) is 16.5. The normalized spacial score (nSPS) is 10.9. The molecule has 0 aliphatic carbocycles. The monoisotopic (exact) mass is 321 g/mol. The van der Waals surface area contributed by atoms with Crippen LogP contribution in [-0.2, 0) is 0 Å². The van der Waals surface area contributed by atoms with Gasteiger partial charge in [-0.3, -0.25) is 0 Å². The van der Waals surface area contributed by atoms with Crippen LogP contribution in [-0.4, -0.2) is 24.7 Å². The molecule has 0 fully saturated rings. The summed E-state index contributed by atoms with van der Waals surface area (Å²) in [6.45, 7) is 1.71. The number of halogens is 1. The van der Waals surface area contributed by atoms with Crippen LogP contribution in [0.4, 0.5) is 4.39 Å². The van der Waals surface area contributed by atoms with E-state index in [1.807, 2.05) is 0 Å². The molecule has 0 saturated carbocycles. The van der Waals surface area contributed by atoms with E-state index in [0.29, 0.717) is 34.2 Å². The maximum Gasteiger partial charge on any atom is 0.183 e. The number of nitrogens with zero attached hydrogens (tertiary/aromatic N) is 5. The topological polar surface area (TPSA) is 69.6 Å². The van der Waals surface area contributed by atoms with Gasteiger partial charge in [-0.25, -0.2) is 24.0 Å². The van der Waals surface area contributed by atoms with Gasteiger partial charge in [-0.05, 0) is 36.8 Å². The van der Waals surface area contributed by atoms with E-state index in [1.165, 1.54) is 17.3 Å². The Morgan fingerprint density at radius 2 is 1.92 bits per heavy atom. The predicted molar refractivity (Wildman–Crippen MR) is 84.8 cm³/mol. The van der Waals surface area contributed by atoms with Crippen molar-refractivity contribution < 1.29 is 8.81 Å². The summed E-state index contributed by atoms with van der Waals surface area (Å²) in [6, 6.07) is 10.5. The molecule has 0 aliphatic heterocycles. The Bertz CT molecular complexity index is 980. The molecule has 4 aromatic rings. The highest BCUT2D eigenvalue weighted by molar-refractivity contribution is 5.64. The minimum absolute atomic E-state index is 0.335. The van der Waals surface area contributed by atoms with Gasteiger partial charge in [0, 0.05) is 0 Å². The van der Waals surface area contributed by atoms with Gasteiger partial charge in [-0.2, -0.15) is 5.10 Å². The highest BCUT2D eigenvalue weighted by Gasteiger charge is 2.19. The SMILES string of the molecule is Cc1cccc(-n2nc(-c3ncncn3)cc2-c2ccco2)c1F. The van der Waals surface area contributed by atoms with Crippen molar-refractivity contribution in [2.24, 2.45) is 0 Å². The Hall–Kier alpha value is -3.35. The fraction of sp³-hybridized carbons (Fsp3) is 0.0588. The van der Waals surface area contributed by atoms with Crippen LogP contribution >= 0.6 is 0 Å². The van der Waals surface area contributed by atoms with Gasteiger partial charge in [0.05, 0.1) is 6.26 Å². The summed E-state index contributed by atoms with van der Waals surface area (Å²) in [5, 5.41) is 4.47. The molecule has 7 heteroatoms. The Morgan fingerprint density at radius 1 is 1.08 bits per heavy atom. The summed E-state index contributed by atoms with van der Waals surface area (Å²) >= 11 is 0. The van der Waals surface area contributed by atoms with Gasteiger partial charge in [0.25, 0.3) is 0 Å². The third-order valence-corrected chi connectivity index (χ3v) is 3.61. The van der Waals surface area contributed by atoms with Gasteiger partial charge >= 0.3 is 0 Å². The summed E-state index contributed by atoms with van der Waals surface area (Å²) in [6.07, 6.45) is 4.34. The zero-order valence-corrected chi connectivity index (χ0v) is 12.7. The van der Waals surface area contributed by atoms with Crippen molar-refractivity contribution in [2.75, 3.05) is 0 Å². The number of rotatable bonds is 3. The maximum absolute atomic E-state index is 14.6. The second kappa shape index (κ2) is 5.69. The third kappa shape index (κ3) is 2.36. The highest BCUT2D eigenvalue weighted by Crippen LogP contribution is 2.29. The highest BCUT2D eigenvalue weighted by atomic mass is 19.1. The number of furan rings is 1. The molecule has 3 aromatic heterocycles. The largest absolute Gasteiger partial charge is 0.463 e. The molecular formula is C17H12FN5O. The second-order valence-corrected chi connectivity index (χ2v) is 5.17. The number of benzene rings is 1. The first-order valence-electron chi connectivity index (χ1n) is 7.26. The number of hydrogen-bond acceptors (Lipinski definition) is 5. The Morgan fingerprint density at radius 3 is 2.67 bits per heavy atom. The van der Waals surface area contributed by atoms with E-state index in [9.17, 15) is 4.39 Å². The molecule has 0 atom stereocenters. The molecule has 0 spiro atoms. The van der Waals surface area contributed by atoms with Crippen molar-refractivity contribution in [1.29, 1.82) is 0 Å². The minimum Gasteiger partial charge on any atom is -0.463 e. The first kappa shape index (κ1) is 14.3. The fourth-order valence-electron chi connectivity index (χ4n) is 2.44. The van der Waals surface area contributed by atoms with Crippen LogP contribution in [0.3, 0.4) is 0 Å².